The molecule has 4 N–H and O–H groups in total. The molecule has 4 rings (SSSR count). The highest BCUT2D eigenvalue weighted by molar-refractivity contribution is 4.93. The van der Waals surface area contributed by atoms with E-state index in [9.17, 15) is 4.39 Å². The van der Waals surface area contributed by atoms with Crippen molar-refractivity contribution in [1.29, 1.82) is 0 Å². The summed E-state index contributed by atoms with van der Waals surface area (Å²) >= 11 is 0. The van der Waals surface area contributed by atoms with Crippen molar-refractivity contribution >= 4 is 0 Å². The van der Waals surface area contributed by atoms with Crippen LogP contribution in [0.3, 0.4) is 0 Å². The predicted molar refractivity (Wildman–Crippen MR) is 111 cm³/mol. The molecule has 7 nitrogen and oxygen atoms in total. The number of hydroxylamine groups is 1. The van der Waals surface area contributed by atoms with Crippen LogP contribution in [0.15, 0.2) is 0 Å². The summed E-state index contributed by atoms with van der Waals surface area (Å²) in [6, 6.07) is 0.346. The number of halogens is 1. The van der Waals surface area contributed by atoms with Crippen LogP contribution in [0.1, 0.15) is 51.4 Å². The highest BCUT2D eigenvalue weighted by atomic mass is 19.1. The molecule has 7 atom stereocenters. The van der Waals surface area contributed by atoms with Crippen LogP contribution in [0.4, 0.5) is 4.39 Å². The molecule has 4 aliphatic rings. The minimum Gasteiger partial charge on any atom is -0.383 e. The fourth-order valence-corrected chi connectivity index (χ4v) is 5.64. The smallest absolute Gasteiger partial charge is 0.146 e. The van der Waals surface area contributed by atoms with Crippen molar-refractivity contribution in [1.82, 2.24) is 26.3 Å². The first-order valence-corrected chi connectivity index (χ1v) is 11.8. The van der Waals surface area contributed by atoms with E-state index in [1.54, 1.807) is 7.11 Å². The molecule has 7 unspecified atom stereocenters. The van der Waals surface area contributed by atoms with Gasteiger partial charge in [0.1, 0.15) is 12.4 Å². The van der Waals surface area contributed by atoms with E-state index in [-0.39, 0.29) is 18.3 Å². The molecule has 8 heteroatoms. The average molecular weight is 414 g/mol. The number of ether oxygens (including phenoxy) is 1. The Hall–Kier alpha value is -0.350. The van der Waals surface area contributed by atoms with Crippen LogP contribution in [-0.2, 0) is 9.57 Å². The van der Waals surface area contributed by atoms with E-state index in [4.69, 9.17) is 9.57 Å². The molecule has 3 aliphatic heterocycles. The first-order valence-electron chi connectivity index (χ1n) is 11.8. The number of methoxy groups -OCH3 is 1. The molecule has 1 saturated carbocycles. The van der Waals surface area contributed by atoms with Gasteiger partial charge in [-0.25, -0.2) is 4.39 Å². The van der Waals surface area contributed by atoms with Gasteiger partial charge in [0.05, 0.1) is 25.0 Å². The number of hydrogen-bond donors (Lipinski definition) is 4. The Morgan fingerprint density at radius 1 is 1.17 bits per heavy atom. The van der Waals surface area contributed by atoms with E-state index in [1.807, 2.05) is 0 Å². The van der Waals surface area contributed by atoms with Crippen molar-refractivity contribution in [3.05, 3.63) is 0 Å². The lowest BCUT2D eigenvalue weighted by Crippen LogP contribution is -2.54. The zero-order valence-electron chi connectivity index (χ0n) is 17.9. The quantitative estimate of drug-likeness (QED) is 0.448. The van der Waals surface area contributed by atoms with Gasteiger partial charge in [0, 0.05) is 26.1 Å². The lowest BCUT2D eigenvalue weighted by atomic mass is 9.87. The molecule has 0 aromatic carbocycles. The summed E-state index contributed by atoms with van der Waals surface area (Å²) in [5.41, 5.74) is 3.28. The third-order valence-corrected chi connectivity index (χ3v) is 7.33. The SMILES string of the molecule is COCCNC1CC(C2NOC(C3CCCN3CC3CCCCC3F)N2)CCN1. The molecule has 0 amide bonds. The van der Waals surface area contributed by atoms with Crippen LogP contribution >= 0.6 is 0 Å². The summed E-state index contributed by atoms with van der Waals surface area (Å²) in [7, 11) is 1.73. The van der Waals surface area contributed by atoms with E-state index < -0.39 is 6.17 Å². The van der Waals surface area contributed by atoms with Gasteiger partial charge in [-0.05, 0) is 57.5 Å². The highest BCUT2D eigenvalue weighted by Crippen LogP contribution is 2.32. The summed E-state index contributed by atoms with van der Waals surface area (Å²) < 4.78 is 19.5. The summed E-state index contributed by atoms with van der Waals surface area (Å²) in [6.07, 6.45) is 8.40. The van der Waals surface area contributed by atoms with E-state index in [0.717, 1.165) is 71.3 Å². The second-order valence-electron chi connectivity index (χ2n) is 9.30. The topological polar surface area (TPSA) is 69.8 Å². The van der Waals surface area contributed by atoms with Crippen molar-refractivity contribution in [2.45, 2.75) is 82.1 Å². The van der Waals surface area contributed by atoms with E-state index >= 15 is 0 Å². The van der Waals surface area contributed by atoms with Gasteiger partial charge >= 0.3 is 0 Å². The maximum Gasteiger partial charge on any atom is 0.146 e. The molecule has 0 aromatic rings. The molecular formula is C21H40FN5O2. The highest BCUT2D eigenvalue weighted by Gasteiger charge is 2.41. The average Bonchev–Trinajstić information content (AvgIpc) is 3.40. The number of piperidine rings is 1. The summed E-state index contributed by atoms with van der Waals surface area (Å²) in [5.74, 6) is 0.725. The molecule has 0 radical (unpaired) electrons. The summed E-state index contributed by atoms with van der Waals surface area (Å²) in [6.45, 7) is 4.55. The van der Waals surface area contributed by atoms with Crippen LogP contribution in [-0.4, -0.2) is 75.6 Å². The Balaban J connectivity index is 1.26. The first-order chi connectivity index (χ1) is 14.2. The molecule has 1 aliphatic carbocycles. The Bertz CT molecular complexity index is 502. The maximum atomic E-state index is 14.4. The monoisotopic (exact) mass is 413 g/mol. The standard InChI is InChI=1S/C21H40FN5O2/c1-28-12-10-24-19-13-15(8-9-23-19)20-25-21(29-26-20)18-7-4-11-27(18)14-16-5-2-3-6-17(16)22/h15-21,23-26H,2-14H2,1H3. The zero-order valence-corrected chi connectivity index (χ0v) is 17.9. The molecular weight excluding hydrogens is 373 g/mol. The third-order valence-electron chi connectivity index (χ3n) is 7.33. The van der Waals surface area contributed by atoms with Gasteiger partial charge in [-0.3, -0.25) is 20.4 Å². The van der Waals surface area contributed by atoms with Crippen molar-refractivity contribution in [3.63, 3.8) is 0 Å². The molecule has 0 spiro atoms. The minimum absolute atomic E-state index is 0.000983. The molecule has 0 bridgehead atoms. The Morgan fingerprint density at radius 3 is 2.93 bits per heavy atom. The second-order valence-corrected chi connectivity index (χ2v) is 9.30. The predicted octanol–water partition coefficient (Wildman–Crippen LogP) is 1.32. The van der Waals surface area contributed by atoms with Crippen LogP contribution in [0.5, 0.6) is 0 Å². The lowest BCUT2D eigenvalue weighted by molar-refractivity contribution is -0.0300. The number of alkyl halides is 1. The van der Waals surface area contributed by atoms with Gasteiger partial charge in [0.25, 0.3) is 0 Å². The van der Waals surface area contributed by atoms with E-state index in [2.05, 4.69) is 26.3 Å². The minimum atomic E-state index is -0.620. The Kier molecular flexibility index (Phi) is 8.14. The van der Waals surface area contributed by atoms with Crippen LogP contribution < -0.4 is 21.4 Å². The molecule has 168 valence electrons. The number of rotatable bonds is 8. The van der Waals surface area contributed by atoms with Crippen LogP contribution in [0.25, 0.3) is 0 Å². The van der Waals surface area contributed by atoms with Crippen molar-refractivity contribution in [2.75, 3.05) is 39.9 Å². The van der Waals surface area contributed by atoms with Gasteiger partial charge in [-0.15, -0.1) is 0 Å². The largest absolute Gasteiger partial charge is 0.383 e. The second kappa shape index (κ2) is 10.8. The van der Waals surface area contributed by atoms with Gasteiger partial charge in [0.15, 0.2) is 0 Å². The lowest BCUT2D eigenvalue weighted by Gasteiger charge is -2.35. The molecule has 29 heavy (non-hydrogen) atoms. The molecule has 4 fully saturated rings. The maximum absolute atomic E-state index is 14.4. The van der Waals surface area contributed by atoms with Gasteiger partial charge in [0.2, 0.25) is 0 Å². The molecule has 3 heterocycles. The van der Waals surface area contributed by atoms with Crippen molar-refractivity contribution < 1.29 is 14.0 Å². The van der Waals surface area contributed by atoms with Gasteiger partial charge < -0.3 is 10.1 Å². The van der Waals surface area contributed by atoms with Crippen LogP contribution in [0.2, 0.25) is 0 Å². The number of hydrogen-bond acceptors (Lipinski definition) is 7. The third kappa shape index (κ3) is 5.67. The fourth-order valence-electron chi connectivity index (χ4n) is 5.64. The number of nitrogens with one attached hydrogen (secondary N) is 4. The van der Waals surface area contributed by atoms with E-state index in [0.29, 0.717) is 18.1 Å². The Morgan fingerprint density at radius 2 is 2.07 bits per heavy atom. The normalized spacial score (nSPS) is 41.8. The van der Waals surface area contributed by atoms with Gasteiger partial charge in [-0.1, -0.05) is 12.8 Å². The molecule has 3 saturated heterocycles. The zero-order chi connectivity index (χ0) is 20.1. The Labute approximate surface area is 174 Å². The summed E-state index contributed by atoms with van der Waals surface area (Å²) in [4.78, 5) is 8.51. The van der Waals surface area contributed by atoms with Crippen LogP contribution in [0, 0.1) is 11.8 Å². The molecule has 0 aromatic heterocycles. The van der Waals surface area contributed by atoms with E-state index in [1.165, 1.54) is 12.8 Å². The number of likely N-dealkylation sites (tertiary alicyclic amines) is 1. The van der Waals surface area contributed by atoms with Crippen molar-refractivity contribution in [2.24, 2.45) is 11.8 Å². The van der Waals surface area contributed by atoms with Gasteiger partial charge in [-0.2, -0.15) is 5.48 Å². The van der Waals surface area contributed by atoms with Crippen molar-refractivity contribution in [3.8, 4) is 0 Å². The first kappa shape index (κ1) is 21.9. The number of nitrogens with zero attached hydrogens (tertiary/aromatic N) is 1. The summed E-state index contributed by atoms with van der Waals surface area (Å²) in [5, 5.41) is 10.8. The fraction of sp³-hybridized carbons (Fsp3) is 1.00.